The lowest BCUT2D eigenvalue weighted by atomic mass is 9.86. The summed E-state index contributed by atoms with van der Waals surface area (Å²) in [6.45, 7) is 4.42. The maximum Gasteiger partial charge on any atom is 0.307 e. The first-order valence-electron chi connectivity index (χ1n) is 10.9. The summed E-state index contributed by atoms with van der Waals surface area (Å²) in [5.74, 6) is 0.773. The highest BCUT2D eigenvalue weighted by Gasteiger charge is 2.19. The fourth-order valence-corrected chi connectivity index (χ4v) is 4.01. The van der Waals surface area contributed by atoms with E-state index in [0.717, 1.165) is 74.6 Å². The van der Waals surface area contributed by atoms with Crippen molar-refractivity contribution in [2.24, 2.45) is 22.0 Å². The van der Waals surface area contributed by atoms with E-state index in [1.54, 1.807) is 0 Å². The Hall–Kier alpha value is -2.44. The SMILES string of the molecule is CCC1CCC(=NNC(=O)c2ccc(C(=O)NN=C3CCC(CC)CC3)o2)CC1. The highest BCUT2D eigenvalue weighted by Crippen LogP contribution is 2.25. The largest absolute Gasteiger partial charge is 0.446 e. The van der Waals surface area contributed by atoms with Gasteiger partial charge < -0.3 is 4.42 Å². The molecule has 0 aliphatic heterocycles. The van der Waals surface area contributed by atoms with Crippen LogP contribution in [-0.4, -0.2) is 23.2 Å². The first kappa shape index (κ1) is 21.3. The predicted molar refractivity (Wildman–Crippen MR) is 113 cm³/mol. The molecule has 0 spiro atoms. The second-order valence-corrected chi connectivity index (χ2v) is 8.11. The number of nitrogens with one attached hydrogen (secondary N) is 2. The van der Waals surface area contributed by atoms with Gasteiger partial charge >= 0.3 is 11.8 Å². The molecule has 2 amide bonds. The molecule has 0 unspecified atom stereocenters. The smallest absolute Gasteiger partial charge is 0.307 e. The van der Waals surface area contributed by atoms with Crippen molar-refractivity contribution >= 4 is 23.2 Å². The second kappa shape index (κ2) is 10.4. The third kappa shape index (κ3) is 6.02. The van der Waals surface area contributed by atoms with E-state index in [9.17, 15) is 9.59 Å². The predicted octanol–water partition coefficient (Wildman–Crippen LogP) is 4.65. The van der Waals surface area contributed by atoms with E-state index in [1.165, 1.54) is 25.0 Å². The van der Waals surface area contributed by atoms with Crippen LogP contribution in [-0.2, 0) is 0 Å². The summed E-state index contributed by atoms with van der Waals surface area (Å²) < 4.78 is 5.39. The number of amides is 2. The molecule has 29 heavy (non-hydrogen) atoms. The highest BCUT2D eigenvalue weighted by molar-refractivity contribution is 5.97. The number of rotatable bonds is 6. The highest BCUT2D eigenvalue weighted by atomic mass is 16.4. The lowest BCUT2D eigenvalue weighted by Gasteiger charge is -2.21. The van der Waals surface area contributed by atoms with Crippen molar-refractivity contribution in [3.05, 3.63) is 23.7 Å². The third-order valence-electron chi connectivity index (χ3n) is 6.20. The Morgan fingerprint density at radius 3 is 1.55 bits per heavy atom. The third-order valence-corrected chi connectivity index (χ3v) is 6.20. The molecular formula is C22H32N4O3. The lowest BCUT2D eigenvalue weighted by Crippen LogP contribution is -2.22. The molecule has 0 atom stereocenters. The molecule has 1 aromatic rings. The molecule has 2 fully saturated rings. The van der Waals surface area contributed by atoms with Crippen LogP contribution in [0.5, 0.6) is 0 Å². The van der Waals surface area contributed by atoms with E-state index in [4.69, 9.17) is 4.42 Å². The molecule has 2 N–H and O–H groups in total. The fraction of sp³-hybridized carbons (Fsp3) is 0.636. The van der Waals surface area contributed by atoms with Gasteiger partial charge in [0.05, 0.1) is 0 Å². The van der Waals surface area contributed by atoms with Gasteiger partial charge in [0.2, 0.25) is 0 Å². The zero-order valence-electron chi connectivity index (χ0n) is 17.5. The number of nitrogens with zero attached hydrogens (tertiary/aromatic N) is 2. The molecule has 7 heteroatoms. The number of hydrazone groups is 2. The number of hydrogen-bond donors (Lipinski definition) is 2. The summed E-state index contributed by atoms with van der Waals surface area (Å²) in [4.78, 5) is 24.5. The van der Waals surface area contributed by atoms with Crippen LogP contribution in [0.15, 0.2) is 26.8 Å². The van der Waals surface area contributed by atoms with Crippen LogP contribution in [0.3, 0.4) is 0 Å². The molecule has 2 saturated carbocycles. The molecule has 2 aliphatic carbocycles. The zero-order chi connectivity index (χ0) is 20.6. The van der Waals surface area contributed by atoms with Crippen molar-refractivity contribution in [1.82, 2.24) is 10.9 Å². The Balaban J connectivity index is 1.48. The number of hydrogen-bond acceptors (Lipinski definition) is 5. The van der Waals surface area contributed by atoms with E-state index >= 15 is 0 Å². The van der Waals surface area contributed by atoms with Gasteiger partial charge in [-0.05, 0) is 75.3 Å². The van der Waals surface area contributed by atoms with E-state index < -0.39 is 11.8 Å². The Bertz CT molecular complexity index is 698. The van der Waals surface area contributed by atoms with E-state index in [2.05, 4.69) is 34.9 Å². The Morgan fingerprint density at radius 1 is 0.828 bits per heavy atom. The van der Waals surface area contributed by atoms with Gasteiger partial charge in [-0.15, -0.1) is 0 Å². The molecule has 0 saturated heterocycles. The molecule has 0 radical (unpaired) electrons. The van der Waals surface area contributed by atoms with Gasteiger partial charge in [0.15, 0.2) is 11.5 Å². The summed E-state index contributed by atoms with van der Waals surface area (Å²) >= 11 is 0. The molecule has 1 aromatic heterocycles. The van der Waals surface area contributed by atoms with Gasteiger partial charge in [-0.25, -0.2) is 10.9 Å². The van der Waals surface area contributed by atoms with Crippen molar-refractivity contribution in [3.8, 4) is 0 Å². The molecular weight excluding hydrogens is 368 g/mol. The van der Waals surface area contributed by atoms with Crippen molar-refractivity contribution in [1.29, 1.82) is 0 Å². The van der Waals surface area contributed by atoms with Crippen molar-refractivity contribution in [2.75, 3.05) is 0 Å². The lowest BCUT2D eigenvalue weighted by molar-refractivity contribution is 0.0901. The second-order valence-electron chi connectivity index (χ2n) is 8.11. The Kier molecular flexibility index (Phi) is 7.61. The summed E-state index contributed by atoms with van der Waals surface area (Å²) in [6.07, 6.45) is 10.6. The molecule has 1 heterocycles. The normalized spacial score (nSPS) is 22.1. The monoisotopic (exact) mass is 400 g/mol. The van der Waals surface area contributed by atoms with Crippen molar-refractivity contribution in [2.45, 2.75) is 78.1 Å². The fourth-order valence-electron chi connectivity index (χ4n) is 4.01. The maximum absolute atomic E-state index is 12.2. The van der Waals surface area contributed by atoms with Crippen molar-refractivity contribution in [3.63, 3.8) is 0 Å². The van der Waals surface area contributed by atoms with Gasteiger partial charge in [-0.2, -0.15) is 10.2 Å². The molecule has 2 aliphatic rings. The average molecular weight is 401 g/mol. The first-order valence-corrected chi connectivity index (χ1v) is 10.9. The molecule has 7 nitrogen and oxygen atoms in total. The quantitative estimate of drug-likeness (QED) is 0.680. The van der Waals surface area contributed by atoms with Crippen LogP contribution in [0, 0.1) is 11.8 Å². The molecule has 158 valence electrons. The summed E-state index contributed by atoms with van der Waals surface area (Å²) in [5, 5.41) is 8.46. The molecule has 0 bridgehead atoms. The topological polar surface area (TPSA) is 96.1 Å². The summed E-state index contributed by atoms with van der Waals surface area (Å²) in [5.41, 5.74) is 7.12. The van der Waals surface area contributed by atoms with Gasteiger partial charge in [0, 0.05) is 11.4 Å². The minimum absolute atomic E-state index is 0.0675. The van der Waals surface area contributed by atoms with Gasteiger partial charge in [-0.3, -0.25) is 9.59 Å². The van der Waals surface area contributed by atoms with Crippen LogP contribution < -0.4 is 10.9 Å². The molecule has 3 rings (SSSR count). The number of furan rings is 1. The number of carbonyl (C=O) groups is 2. The van der Waals surface area contributed by atoms with Crippen LogP contribution in [0.2, 0.25) is 0 Å². The Labute approximate surface area is 172 Å². The van der Waals surface area contributed by atoms with E-state index in [-0.39, 0.29) is 11.5 Å². The summed E-state index contributed by atoms with van der Waals surface area (Å²) in [6, 6.07) is 2.97. The zero-order valence-corrected chi connectivity index (χ0v) is 17.5. The average Bonchev–Trinajstić information content (AvgIpc) is 3.27. The minimum Gasteiger partial charge on any atom is -0.446 e. The number of carbonyl (C=O) groups excluding carboxylic acids is 2. The van der Waals surface area contributed by atoms with Crippen LogP contribution in [0.25, 0.3) is 0 Å². The maximum atomic E-state index is 12.2. The minimum atomic E-state index is -0.446. The van der Waals surface area contributed by atoms with Crippen LogP contribution >= 0.6 is 0 Å². The Morgan fingerprint density at radius 2 is 1.21 bits per heavy atom. The van der Waals surface area contributed by atoms with Crippen molar-refractivity contribution < 1.29 is 14.0 Å². The van der Waals surface area contributed by atoms with Gasteiger partial charge in [-0.1, -0.05) is 26.7 Å². The molecule has 0 aromatic carbocycles. The van der Waals surface area contributed by atoms with Crippen LogP contribution in [0.4, 0.5) is 0 Å². The standard InChI is InChI=1S/C22H32N4O3/c1-3-15-5-9-17(10-6-15)23-25-21(27)19-13-14-20(29-19)22(28)26-24-18-11-7-16(4-2)8-12-18/h13-16H,3-12H2,1-2H3,(H,25,27)(H,26,28). The van der Waals surface area contributed by atoms with E-state index in [1.807, 2.05) is 0 Å². The van der Waals surface area contributed by atoms with Gasteiger partial charge in [0.1, 0.15) is 0 Å². The van der Waals surface area contributed by atoms with Crippen LogP contribution in [0.1, 0.15) is 99.2 Å². The first-order chi connectivity index (χ1) is 14.1. The summed E-state index contributed by atoms with van der Waals surface area (Å²) in [7, 11) is 0. The van der Waals surface area contributed by atoms with Gasteiger partial charge in [0.25, 0.3) is 0 Å². The van der Waals surface area contributed by atoms with E-state index in [0.29, 0.717) is 0 Å².